The maximum atomic E-state index is 11.0. The zero-order chi connectivity index (χ0) is 15.5. The number of anilines is 1. The van der Waals surface area contributed by atoms with Gasteiger partial charge in [-0.1, -0.05) is 37.0 Å². The van der Waals surface area contributed by atoms with Gasteiger partial charge in [0.05, 0.1) is 15.0 Å². The molecule has 0 aliphatic rings. The quantitative estimate of drug-likeness (QED) is 0.638. The second kappa shape index (κ2) is 6.61. The molecule has 0 atom stereocenters. The second-order valence-corrected chi connectivity index (χ2v) is 6.61. The minimum Gasteiger partial charge on any atom is -0.379 e. The topological polar surface area (TPSA) is 58.4 Å². The van der Waals surface area contributed by atoms with E-state index in [-0.39, 0.29) is 16.1 Å². The highest BCUT2D eigenvalue weighted by atomic mass is 35.5. The minimum atomic E-state index is -0.469. The smallest absolute Gasteiger partial charge is 0.293 e. The van der Waals surface area contributed by atoms with Crippen LogP contribution in [0.4, 0.5) is 11.4 Å². The number of nitro benzene ring substituents is 1. The molecule has 1 aromatic rings. The standard InChI is InChI=1S/C13H19Cl2N3O2/c1-13(2,8-17(3)4)7-16-11-5-9(14)10(15)6-12(11)18(19)20/h5-6,16H,7-8H2,1-4H3. The molecule has 0 fully saturated rings. The highest BCUT2D eigenvalue weighted by Gasteiger charge is 2.22. The van der Waals surface area contributed by atoms with Crippen LogP contribution < -0.4 is 5.32 Å². The zero-order valence-electron chi connectivity index (χ0n) is 12.0. The van der Waals surface area contributed by atoms with Crippen LogP contribution in [-0.2, 0) is 0 Å². The molecule has 0 amide bonds. The number of hydrogen-bond acceptors (Lipinski definition) is 4. The Kier molecular flexibility index (Phi) is 5.62. The first-order valence-electron chi connectivity index (χ1n) is 6.14. The van der Waals surface area contributed by atoms with Crippen molar-refractivity contribution in [1.29, 1.82) is 0 Å². The predicted molar refractivity (Wildman–Crippen MR) is 83.9 cm³/mol. The van der Waals surface area contributed by atoms with Gasteiger partial charge in [-0.15, -0.1) is 0 Å². The number of benzene rings is 1. The fourth-order valence-corrected chi connectivity index (χ4v) is 2.40. The Morgan fingerprint density at radius 2 is 1.85 bits per heavy atom. The van der Waals surface area contributed by atoms with Crippen molar-refractivity contribution in [3.63, 3.8) is 0 Å². The lowest BCUT2D eigenvalue weighted by atomic mass is 9.93. The zero-order valence-corrected chi connectivity index (χ0v) is 13.5. The molecule has 0 aliphatic carbocycles. The second-order valence-electron chi connectivity index (χ2n) is 5.80. The van der Waals surface area contributed by atoms with Crippen LogP contribution in [0.2, 0.25) is 10.0 Å². The van der Waals surface area contributed by atoms with Crippen LogP contribution in [0.1, 0.15) is 13.8 Å². The van der Waals surface area contributed by atoms with Crippen LogP contribution in [0.3, 0.4) is 0 Å². The van der Waals surface area contributed by atoms with Gasteiger partial charge < -0.3 is 10.2 Å². The summed E-state index contributed by atoms with van der Waals surface area (Å²) in [6.45, 7) is 5.62. The summed E-state index contributed by atoms with van der Waals surface area (Å²) in [6.07, 6.45) is 0. The van der Waals surface area contributed by atoms with E-state index in [2.05, 4.69) is 24.1 Å². The fourth-order valence-electron chi connectivity index (χ4n) is 2.08. The third-order valence-electron chi connectivity index (χ3n) is 2.74. The van der Waals surface area contributed by atoms with Gasteiger partial charge in [0.2, 0.25) is 0 Å². The number of nitrogens with zero attached hydrogens (tertiary/aromatic N) is 2. The van der Waals surface area contributed by atoms with Gasteiger partial charge in [-0.05, 0) is 25.6 Å². The van der Waals surface area contributed by atoms with Gasteiger partial charge in [-0.25, -0.2) is 0 Å². The molecule has 1 rings (SSSR count). The first-order chi connectivity index (χ1) is 9.12. The highest BCUT2D eigenvalue weighted by molar-refractivity contribution is 6.42. The molecule has 1 aromatic carbocycles. The molecule has 0 saturated carbocycles. The molecule has 20 heavy (non-hydrogen) atoms. The molecule has 0 radical (unpaired) electrons. The first kappa shape index (κ1) is 17.0. The van der Waals surface area contributed by atoms with Crippen LogP contribution in [0.5, 0.6) is 0 Å². The van der Waals surface area contributed by atoms with E-state index in [0.29, 0.717) is 17.3 Å². The monoisotopic (exact) mass is 319 g/mol. The summed E-state index contributed by atoms with van der Waals surface area (Å²) >= 11 is 11.7. The van der Waals surface area contributed by atoms with E-state index in [0.717, 1.165) is 6.54 Å². The molecule has 0 spiro atoms. The molecule has 7 heteroatoms. The molecule has 112 valence electrons. The Morgan fingerprint density at radius 3 is 2.35 bits per heavy atom. The summed E-state index contributed by atoms with van der Waals surface area (Å²) in [5, 5.41) is 14.6. The van der Waals surface area contributed by atoms with Crippen molar-refractivity contribution in [1.82, 2.24) is 4.90 Å². The SMILES string of the molecule is CN(C)CC(C)(C)CNc1cc(Cl)c(Cl)cc1[N+](=O)[O-]. The van der Waals surface area contributed by atoms with Gasteiger partial charge in [0.15, 0.2) is 0 Å². The van der Waals surface area contributed by atoms with Crippen molar-refractivity contribution in [2.24, 2.45) is 5.41 Å². The maximum Gasteiger partial charge on any atom is 0.293 e. The summed E-state index contributed by atoms with van der Waals surface area (Å²) in [5.74, 6) is 0. The van der Waals surface area contributed by atoms with E-state index in [9.17, 15) is 10.1 Å². The lowest BCUT2D eigenvalue weighted by Crippen LogP contribution is -2.34. The van der Waals surface area contributed by atoms with Gasteiger partial charge >= 0.3 is 0 Å². The summed E-state index contributed by atoms with van der Waals surface area (Å²) in [6, 6.07) is 2.76. The van der Waals surface area contributed by atoms with E-state index in [4.69, 9.17) is 23.2 Å². The molecule has 0 heterocycles. The average Bonchev–Trinajstić information content (AvgIpc) is 2.28. The Bertz CT molecular complexity index is 505. The van der Waals surface area contributed by atoms with Crippen LogP contribution in [0.15, 0.2) is 12.1 Å². The van der Waals surface area contributed by atoms with Crippen molar-refractivity contribution < 1.29 is 4.92 Å². The van der Waals surface area contributed by atoms with Crippen molar-refractivity contribution >= 4 is 34.6 Å². The Balaban J connectivity index is 2.92. The summed E-state index contributed by atoms with van der Waals surface area (Å²) in [4.78, 5) is 12.6. The fraction of sp³-hybridized carbons (Fsp3) is 0.538. The molecule has 5 nitrogen and oxygen atoms in total. The molecule has 1 N–H and O–H groups in total. The lowest BCUT2D eigenvalue weighted by molar-refractivity contribution is -0.383. The van der Waals surface area contributed by atoms with Gasteiger partial charge in [-0.2, -0.15) is 0 Å². The Hall–Kier alpha value is -1.04. The van der Waals surface area contributed by atoms with Crippen LogP contribution >= 0.6 is 23.2 Å². The van der Waals surface area contributed by atoms with E-state index < -0.39 is 4.92 Å². The van der Waals surface area contributed by atoms with Gasteiger partial charge in [0.1, 0.15) is 5.69 Å². The largest absolute Gasteiger partial charge is 0.379 e. The number of halogens is 2. The highest BCUT2D eigenvalue weighted by Crippen LogP contribution is 2.34. The molecule has 0 unspecified atom stereocenters. The van der Waals surface area contributed by atoms with Crippen LogP contribution in [-0.4, -0.2) is 37.0 Å². The van der Waals surface area contributed by atoms with E-state index in [1.165, 1.54) is 12.1 Å². The maximum absolute atomic E-state index is 11.0. The number of hydrogen-bond donors (Lipinski definition) is 1. The predicted octanol–water partition coefficient (Wildman–Crippen LogP) is 3.90. The van der Waals surface area contributed by atoms with Crippen molar-refractivity contribution in [2.45, 2.75) is 13.8 Å². The Labute approximate surface area is 129 Å². The summed E-state index contributed by atoms with van der Waals surface area (Å²) < 4.78 is 0. The third-order valence-corrected chi connectivity index (χ3v) is 3.46. The molecular weight excluding hydrogens is 301 g/mol. The van der Waals surface area contributed by atoms with E-state index in [1.54, 1.807) is 0 Å². The molecular formula is C13H19Cl2N3O2. The molecule has 0 aliphatic heterocycles. The Morgan fingerprint density at radius 1 is 1.30 bits per heavy atom. The minimum absolute atomic E-state index is 0.0382. The molecule has 0 bridgehead atoms. The normalized spacial score (nSPS) is 11.8. The molecule has 0 saturated heterocycles. The van der Waals surface area contributed by atoms with Crippen LogP contribution in [0.25, 0.3) is 0 Å². The average molecular weight is 320 g/mol. The summed E-state index contributed by atoms with van der Waals surface area (Å²) in [5.41, 5.74) is 0.278. The number of rotatable bonds is 6. The lowest BCUT2D eigenvalue weighted by Gasteiger charge is -2.28. The van der Waals surface area contributed by atoms with Gasteiger partial charge in [0, 0.05) is 19.2 Å². The van der Waals surface area contributed by atoms with Crippen molar-refractivity contribution in [3.8, 4) is 0 Å². The van der Waals surface area contributed by atoms with Crippen LogP contribution in [0, 0.1) is 15.5 Å². The summed E-state index contributed by atoms with van der Waals surface area (Å²) in [7, 11) is 3.98. The van der Waals surface area contributed by atoms with Gasteiger partial charge in [0.25, 0.3) is 5.69 Å². The first-order valence-corrected chi connectivity index (χ1v) is 6.90. The van der Waals surface area contributed by atoms with E-state index in [1.807, 2.05) is 14.1 Å². The van der Waals surface area contributed by atoms with E-state index >= 15 is 0 Å². The number of nitrogens with one attached hydrogen (secondary N) is 1. The third kappa shape index (κ3) is 4.81. The molecule has 0 aromatic heterocycles. The van der Waals surface area contributed by atoms with Crippen molar-refractivity contribution in [3.05, 3.63) is 32.3 Å². The number of nitro groups is 1. The van der Waals surface area contributed by atoms with Gasteiger partial charge in [-0.3, -0.25) is 10.1 Å². The van der Waals surface area contributed by atoms with Crippen molar-refractivity contribution in [2.75, 3.05) is 32.5 Å².